The number of guanidine groups is 1. The number of nitrogens with one attached hydrogen (secondary N) is 2. The molecule has 1 aliphatic heterocycles. The number of nitrogens with zero attached hydrogens (tertiary/aromatic N) is 3. The minimum atomic E-state index is 0.141. The number of aromatic nitrogens is 1. The van der Waals surface area contributed by atoms with Crippen LogP contribution in [0.1, 0.15) is 23.5 Å². The van der Waals surface area contributed by atoms with Crippen molar-refractivity contribution >= 4 is 17.3 Å². The molecule has 0 bridgehead atoms. The van der Waals surface area contributed by atoms with Gasteiger partial charge in [-0.15, -0.1) is 11.3 Å². The lowest BCUT2D eigenvalue weighted by Crippen LogP contribution is -2.57. The minimum absolute atomic E-state index is 0.141. The highest BCUT2D eigenvalue weighted by Gasteiger charge is 2.34. The van der Waals surface area contributed by atoms with Gasteiger partial charge in [0, 0.05) is 50.7 Å². The SMILES string of the molecule is CN=C(NCCc1csc(C)n1)NCC1(N(C)C)CCOCC1. The van der Waals surface area contributed by atoms with Crippen LogP contribution in [0.5, 0.6) is 0 Å². The summed E-state index contributed by atoms with van der Waals surface area (Å²) in [6, 6.07) is 0. The van der Waals surface area contributed by atoms with Crippen LogP contribution in [0.4, 0.5) is 0 Å². The normalized spacial score (nSPS) is 18.2. The third-order valence-electron chi connectivity index (χ3n) is 4.52. The summed E-state index contributed by atoms with van der Waals surface area (Å²) < 4.78 is 5.52. The third-order valence-corrected chi connectivity index (χ3v) is 5.34. The van der Waals surface area contributed by atoms with E-state index >= 15 is 0 Å². The van der Waals surface area contributed by atoms with Crippen molar-refractivity contribution in [2.24, 2.45) is 4.99 Å². The quantitative estimate of drug-likeness (QED) is 0.604. The largest absolute Gasteiger partial charge is 0.381 e. The van der Waals surface area contributed by atoms with Gasteiger partial charge in [-0.2, -0.15) is 0 Å². The molecule has 2 heterocycles. The van der Waals surface area contributed by atoms with Gasteiger partial charge in [0.05, 0.1) is 10.7 Å². The van der Waals surface area contributed by atoms with E-state index in [0.29, 0.717) is 0 Å². The van der Waals surface area contributed by atoms with E-state index in [1.54, 1.807) is 11.3 Å². The number of rotatable bonds is 6. The van der Waals surface area contributed by atoms with Crippen LogP contribution in [0, 0.1) is 6.92 Å². The summed E-state index contributed by atoms with van der Waals surface area (Å²) in [7, 11) is 6.11. The molecule has 0 atom stereocenters. The monoisotopic (exact) mass is 339 g/mol. The third kappa shape index (κ3) is 5.16. The van der Waals surface area contributed by atoms with Gasteiger partial charge in [0.15, 0.2) is 5.96 Å². The van der Waals surface area contributed by atoms with Crippen molar-refractivity contribution in [3.05, 3.63) is 16.1 Å². The number of ether oxygens (including phenoxy) is 1. The Morgan fingerprint density at radius 2 is 2.13 bits per heavy atom. The second-order valence-corrected chi connectivity index (χ2v) is 7.25. The van der Waals surface area contributed by atoms with E-state index < -0.39 is 0 Å². The Kier molecular flexibility index (Phi) is 6.80. The van der Waals surface area contributed by atoms with Gasteiger partial charge in [-0.3, -0.25) is 4.99 Å². The Labute approximate surface area is 143 Å². The summed E-state index contributed by atoms with van der Waals surface area (Å²) >= 11 is 1.70. The van der Waals surface area contributed by atoms with Gasteiger partial charge in [-0.1, -0.05) is 0 Å². The molecule has 2 N–H and O–H groups in total. The average molecular weight is 340 g/mol. The average Bonchev–Trinajstić information content (AvgIpc) is 2.96. The van der Waals surface area contributed by atoms with E-state index in [-0.39, 0.29) is 5.54 Å². The van der Waals surface area contributed by atoms with Gasteiger partial charge in [0.1, 0.15) is 0 Å². The number of likely N-dealkylation sites (N-methyl/N-ethyl adjacent to an activating group) is 1. The van der Waals surface area contributed by atoms with Gasteiger partial charge in [-0.05, 0) is 33.9 Å². The number of hydrogen-bond acceptors (Lipinski definition) is 5. The maximum absolute atomic E-state index is 5.52. The number of aryl methyl sites for hydroxylation is 1. The number of thiazole rings is 1. The molecule has 0 saturated carbocycles. The van der Waals surface area contributed by atoms with E-state index in [2.05, 4.69) is 45.0 Å². The molecule has 1 aromatic heterocycles. The van der Waals surface area contributed by atoms with E-state index in [1.807, 2.05) is 14.0 Å². The van der Waals surface area contributed by atoms with Crippen molar-refractivity contribution in [3.63, 3.8) is 0 Å². The predicted molar refractivity (Wildman–Crippen MR) is 96.4 cm³/mol. The topological polar surface area (TPSA) is 61.8 Å². The maximum Gasteiger partial charge on any atom is 0.191 e. The first-order valence-electron chi connectivity index (χ1n) is 8.16. The Balaban J connectivity index is 1.79. The summed E-state index contributed by atoms with van der Waals surface area (Å²) in [6.07, 6.45) is 3.00. The van der Waals surface area contributed by atoms with Crippen LogP contribution in [-0.4, -0.2) is 68.8 Å². The molecule has 0 radical (unpaired) electrons. The first-order valence-corrected chi connectivity index (χ1v) is 9.04. The van der Waals surface area contributed by atoms with E-state index in [1.165, 1.54) is 0 Å². The zero-order chi connectivity index (χ0) is 16.7. The van der Waals surface area contributed by atoms with Crippen molar-refractivity contribution in [1.82, 2.24) is 20.5 Å². The molecule has 0 amide bonds. The fraction of sp³-hybridized carbons (Fsp3) is 0.750. The highest BCUT2D eigenvalue weighted by molar-refractivity contribution is 7.09. The molecular weight excluding hydrogens is 310 g/mol. The molecule has 1 saturated heterocycles. The van der Waals surface area contributed by atoms with Gasteiger partial charge in [0.2, 0.25) is 0 Å². The van der Waals surface area contributed by atoms with Crippen LogP contribution >= 0.6 is 11.3 Å². The highest BCUT2D eigenvalue weighted by atomic mass is 32.1. The number of aliphatic imine (C=N–C) groups is 1. The zero-order valence-electron chi connectivity index (χ0n) is 14.7. The van der Waals surface area contributed by atoms with E-state index in [4.69, 9.17) is 4.74 Å². The molecule has 2 rings (SSSR count). The van der Waals surface area contributed by atoms with Crippen LogP contribution < -0.4 is 10.6 Å². The maximum atomic E-state index is 5.52. The van der Waals surface area contributed by atoms with Gasteiger partial charge >= 0.3 is 0 Å². The summed E-state index contributed by atoms with van der Waals surface area (Å²) in [5.74, 6) is 0.852. The molecule has 1 aromatic rings. The highest BCUT2D eigenvalue weighted by Crippen LogP contribution is 2.24. The van der Waals surface area contributed by atoms with Crippen LogP contribution in [0.15, 0.2) is 10.4 Å². The van der Waals surface area contributed by atoms with Crippen LogP contribution in [0.25, 0.3) is 0 Å². The molecule has 130 valence electrons. The van der Waals surface area contributed by atoms with E-state index in [0.717, 1.165) is 62.2 Å². The Morgan fingerprint density at radius 3 is 2.70 bits per heavy atom. The molecule has 0 aromatic carbocycles. The lowest BCUT2D eigenvalue weighted by molar-refractivity contribution is -0.00501. The fourth-order valence-electron chi connectivity index (χ4n) is 2.83. The van der Waals surface area contributed by atoms with Crippen LogP contribution in [-0.2, 0) is 11.2 Å². The van der Waals surface area contributed by atoms with Gasteiger partial charge < -0.3 is 20.3 Å². The molecule has 0 spiro atoms. The molecule has 0 unspecified atom stereocenters. The minimum Gasteiger partial charge on any atom is -0.381 e. The van der Waals surface area contributed by atoms with Gasteiger partial charge in [0.25, 0.3) is 0 Å². The zero-order valence-corrected chi connectivity index (χ0v) is 15.5. The fourth-order valence-corrected chi connectivity index (χ4v) is 3.48. The smallest absolute Gasteiger partial charge is 0.191 e. The molecule has 7 heteroatoms. The summed E-state index contributed by atoms with van der Waals surface area (Å²) in [4.78, 5) is 11.1. The standard InChI is InChI=1S/C16H29N5OS/c1-13-20-14(11-23-13)5-8-18-15(17-2)19-12-16(21(3)4)6-9-22-10-7-16/h11H,5-10,12H2,1-4H3,(H2,17,18,19). The van der Waals surface area contributed by atoms with Gasteiger partial charge in [-0.25, -0.2) is 4.98 Å². The Bertz CT molecular complexity index is 508. The molecule has 0 aliphatic carbocycles. The predicted octanol–water partition coefficient (Wildman–Crippen LogP) is 1.27. The van der Waals surface area contributed by atoms with Crippen molar-refractivity contribution in [2.45, 2.75) is 31.7 Å². The molecule has 6 nitrogen and oxygen atoms in total. The first-order chi connectivity index (χ1) is 11.1. The number of hydrogen-bond donors (Lipinski definition) is 2. The van der Waals surface area contributed by atoms with E-state index in [9.17, 15) is 0 Å². The molecule has 1 fully saturated rings. The van der Waals surface area contributed by atoms with Crippen molar-refractivity contribution in [2.75, 3.05) is 47.4 Å². The molecular formula is C16H29N5OS. The van der Waals surface area contributed by atoms with Crippen molar-refractivity contribution in [3.8, 4) is 0 Å². The second-order valence-electron chi connectivity index (χ2n) is 6.19. The molecule has 1 aliphatic rings. The lowest BCUT2D eigenvalue weighted by Gasteiger charge is -2.43. The second kappa shape index (κ2) is 8.61. The Hall–Kier alpha value is -1.18. The van der Waals surface area contributed by atoms with Crippen molar-refractivity contribution in [1.29, 1.82) is 0 Å². The van der Waals surface area contributed by atoms with Crippen LogP contribution in [0.3, 0.4) is 0 Å². The summed E-state index contributed by atoms with van der Waals surface area (Å²) in [6.45, 7) is 5.40. The first kappa shape index (κ1) is 18.2. The summed E-state index contributed by atoms with van der Waals surface area (Å²) in [5.41, 5.74) is 1.28. The van der Waals surface area contributed by atoms with Crippen LogP contribution in [0.2, 0.25) is 0 Å². The molecule has 23 heavy (non-hydrogen) atoms. The summed E-state index contributed by atoms with van der Waals surface area (Å²) in [5, 5.41) is 10.1. The lowest BCUT2D eigenvalue weighted by atomic mass is 9.88. The Morgan fingerprint density at radius 1 is 1.39 bits per heavy atom. The van der Waals surface area contributed by atoms with Crippen molar-refractivity contribution < 1.29 is 4.74 Å².